The molecule has 4 heteroatoms. The van der Waals surface area contributed by atoms with Crippen molar-refractivity contribution in [2.24, 2.45) is 0 Å². The molecule has 0 amide bonds. The van der Waals surface area contributed by atoms with Gasteiger partial charge in [0.1, 0.15) is 0 Å². The molecule has 1 rings (SSSR count). The summed E-state index contributed by atoms with van der Waals surface area (Å²) < 4.78 is 0. The molecule has 0 radical (unpaired) electrons. The molecule has 1 heterocycles. The first-order valence-corrected chi connectivity index (χ1v) is 6.18. The Kier molecular flexibility index (Phi) is 4.75. The van der Waals surface area contributed by atoms with E-state index in [1.165, 1.54) is 0 Å². The summed E-state index contributed by atoms with van der Waals surface area (Å²) in [5.41, 5.74) is 1.09. The zero-order valence-electron chi connectivity index (χ0n) is 9.25. The second-order valence-electron chi connectivity index (χ2n) is 3.47. The fourth-order valence-electron chi connectivity index (χ4n) is 1.45. The molecule has 0 aliphatic heterocycles. The van der Waals surface area contributed by atoms with Crippen LogP contribution in [0.15, 0.2) is 0 Å². The molecule has 0 aliphatic rings. The zero-order valence-corrected chi connectivity index (χ0v) is 10.1. The third-order valence-electron chi connectivity index (χ3n) is 2.19. The van der Waals surface area contributed by atoms with E-state index in [0.717, 1.165) is 34.8 Å². The van der Waals surface area contributed by atoms with E-state index in [4.69, 9.17) is 5.11 Å². The van der Waals surface area contributed by atoms with Gasteiger partial charge in [0.25, 0.3) is 0 Å². The van der Waals surface area contributed by atoms with Crippen molar-refractivity contribution in [2.75, 3.05) is 0 Å². The number of hydrogen-bond acceptors (Lipinski definition) is 3. The molecule has 0 atom stereocenters. The van der Waals surface area contributed by atoms with E-state index in [0.29, 0.717) is 6.42 Å². The quantitative estimate of drug-likeness (QED) is 0.812. The van der Waals surface area contributed by atoms with Crippen LogP contribution in [0, 0.1) is 0 Å². The van der Waals surface area contributed by atoms with Crippen LogP contribution in [0.5, 0.6) is 0 Å². The van der Waals surface area contributed by atoms with Gasteiger partial charge in [-0.2, -0.15) is 0 Å². The molecule has 0 aromatic carbocycles. The lowest BCUT2D eigenvalue weighted by molar-refractivity contribution is -0.136. The number of aliphatic carboxylic acids is 1. The van der Waals surface area contributed by atoms with Gasteiger partial charge in [0.2, 0.25) is 0 Å². The van der Waals surface area contributed by atoms with E-state index < -0.39 is 5.97 Å². The third-order valence-corrected chi connectivity index (χ3v) is 3.40. The Bertz CT molecular complexity index is 333. The maximum Gasteiger partial charge on any atom is 0.303 e. The average Bonchev–Trinajstić information content (AvgIpc) is 2.58. The van der Waals surface area contributed by atoms with Crippen LogP contribution in [-0.4, -0.2) is 16.1 Å². The van der Waals surface area contributed by atoms with Gasteiger partial charge in [-0.25, -0.2) is 4.98 Å². The van der Waals surface area contributed by atoms with E-state index in [-0.39, 0.29) is 6.42 Å². The minimum Gasteiger partial charge on any atom is -0.481 e. The number of thiazole rings is 1. The molecule has 0 saturated carbocycles. The van der Waals surface area contributed by atoms with Crippen LogP contribution in [-0.2, 0) is 24.1 Å². The Morgan fingerprint density at radius 2 is 2.13 bits per heavy atom. The first-order chi connectivity index (χ1) is 7.17. The van der Waals surface area contributed by atoms with E-state index in [1.807, 2.05) is 0 Å². The number of carboxylic acid groups (broad SMARTS) is 1. The maximum atomic E-state index is 10.5. The highest BCUT2D eigenvalue weighted by atomic mass is 32.1. The van der Waals surface area contributed by atoms with E-state index in [1.54, 1.807) is 11.3 Å². The summed E-state index contributed by atoms with van der Waals surface area (Å²) in [6.07, 6.45) is 3.83. The smallest absolute Gasteiger partial charge is 0.303 e. The Morgan fingerprint density at radius 3 is 2.67 bits per heavy atom. The van der Waals surface area contributed by atoms with Crippen molar-refractivity contribution in [3.63, 3.8) is 0 Å². The molecule has 1 N–H and O–H groups in total. The van der Waals surface area contributed by atoms with Crippen LogP contribution in [0.3, 0.4) is 0 Å². The third kappa shape index (κ3) is 3.63. The van der Waals surface area contributed by atoms with Crippen molar-refractivity contribution in [3.8, 4) is 0 Å². The lowest BCUT2D eigenvalue weighted by Gasteiger charge is -1.95. The number of nitrogens with zero attached hydrogens (tertiary/aromatic N) is 1. The van der Waals surface area contributed by atoms with Crippen molar-refractivity contribution in [3.05, 3.63) is 15.6 Å². The van der Waals surface area contributed by atoms with Gasteiger partial charge in [-0.1, -0.05) is 13.8 Å². The van der Waals surface area contributed by atoms with Crippen molar-refractivity contribution in [1.29, 1.82) is 0 Å². The Labute approximate surface area is 94.2 Å². The lowest BCUT2D eigenvalue weighted by atomic mass is 10.2. The highest BCUT2D eigenvalue weighted by Gasteiger charge is 2.10. The standard InChI is InChI=1S/C11H17NO2S/c1-3-5-10-12-8(4-2)9(15-10)6-7-11(13)14/h3-7H2,1-2H3,(H,13,14). The van der Waals surface area contributed by atoms with Gasteiger partial charge in [-0.3, -0.25) is 4.79 Å². The summed E-state index contributed by atoms with van der Waals surface area (Å²) in [6, 6.07) is 0. The van der Waals surface area contributed by atoms with Crippen LogP contribution >= 0.6 is 11.3 Å². The zero-order chi connectivity index (χ0) is 11.3. The fraction of sp³-hybridized carbons (Fsp3) is 0.636. The fourth-order valence-corrected chi connectivity index (χ4v) is 2.71. The number of aryl methyl sites for hydroxylation is 3. The largest absolute Gasteiger partial charge is 0.481 e. The summed E-state index contributed by atoms with van der Waals surface area (Å²) >= 11 is 1.68. The Morgan fingerprint density at radius 1 is 1.40 bits per heavy atom. The SMILES string of the molecule is CCCc1nc(CC)c(CCC(=O)O)s1. The maximum absolute atomic E-state index is 10.5. The molecule has 0 spiro atoms. The monoisotopic (exact) mass is 227 g/mol. The van der Waals surface area contributed by atoms with Crippen molar-refractivity contribution >= 4 is 17.3 Å². The van der Waals surface area contributed by atoms with Gasteiger partial charge in [0.15, 0.2) is 0 Å². The molecule has 0 unspecified atom stereocenters. The molecule has 1 aromatic heterocycles. The predicted octanol–water partition coefficient (Wildman–Crippen LogP) is 2.68. The van der Waals surface area contributed by atoms with Gasteiger partial charge in [-0.15, -0.1) is 11.3 Å². The first kappa shape index (κ1) is 12.2. The van der Waals surface area contributed by atoms with Crippen LogP contribution in [0.1, 0.15) is 42.3 Å². The summed E-state index contributed by atoms with van der Waals surface area (Å²) in [7, 11) is 0. The van der Waals surface area contributed by atoms with Gasteiger partial charge in [0.05, 0.1) is 17.1 Å². The van der Waals surface area contributed by atoms with E-state index >= 15 is 0 Å². The second-order valence-corrected chi connectivity index (χ2v) is 4.64. The molecule has 84 valence electrons. The molecule has 15 heavy (non-hydrogen) atoms. The average molecular weight is 227 g/mol. The lowest BCUT2D eigenvalue weighted by Crippen LogP contribution is -1.98. The highest BCUT2D eigenvalue weighted by Crippen LogP contribution is 2.22. The molecule has 0 aliphatic carbocycles. The molecule has 1 aromatic rings. The number of aromatic nitrogens is 1. The van der Waals surface area contributed by atoms with Gasteiger partial charge in [-0.05, 0) is 25.7 Å². The van der Waals surface area contributed by atoms with Crippen LogP contribution in [0.4, 0.5) is 0 Å². The summed E-state index contributed by atoms with van der Waals surface area (Å²) in [5.74, 6) is -0.734. The molecule has 0 bridgehead atoms. The van der Waals surface area contributed by atoms with E-state index in [2.05, 4.69) is 18.8 Å². The van der Waals surface area contributed by atoms with Gasteiger partial charge >= 0.3 is 5.97 Å². The van der Waals surface area contributed by atoms with E-state index in [9.17, 15) is 4.79 Å². The van der Waals surface area contributed by atoms with Crippen LogP contribution in [0.25, 0.3) is 0 Å². The molecule has 0 saturated heterocycles. The first-order valence-electron chi connectivity index (χ1n) is 5.36. The summed E-state index contributed by atoms with van der Waals surface area (Å²) in [6.45, 7) is 4.19. The molecular formula is C11H17NO2S. The summed E-state index contributed by atoms with van der Waals surface area (Å²) in [5, 5.41) is 9.78. The Hall–Kier alpha value is -0.900. The molecular weight excluding hydrogens is 210 g/mol. The second kappa shape index (κ2) is 5.85. The minimum absolute atomic E-state index is 0.209. The molecule has 3 nitrogen and oxygen atoms in total. The van der Waals surface area contributed by atoms with Crippen molar-refractivity contribution in [1.82, 2.24) is 4.98 Å². The Balaban J connectivity index is 2.71. The number of carbonyl (C=O) groups is 1. The highest BCUT2D eigenvalue weighted by molar-refractivity contribution is 7.11. The normalized spacial score (nSPS) is 10.5. The van der Waals surface area contributed by atoms with Crippen LogP contribution in [0.2, 0.25) is 0 Å². The van der Waals surface area contributed by atoms with Gasteiger partial charge < -0.3 is 5.11 Å². The number of carboxylic acids is 1. The molecule has 0 fully saturated rings. The topological polar surface area (TPSA) is 50.2 Å². The predicted molar refractivity (Wildman–Crippen MR) is 61.4 cm³/mol. The minimum atomic E-state index is -0.734. The number of rotatable bonds is 6. The van der Waals surface area contributed by atoms with Crippen LogP contribution < -0.4 is 0 Å². The van der Waals surface area contributed by atoms with Crippen molar-refractivity contribution in [2.45, 2.75) is 46.0 Å². The van der Waals surface area contributed by atoms with Crippen molar-refractivity contribution < 1.29 is 9.90 Å². The summed E-state index contributed by atoms with van der Waals surface area (Å²) in [4.78, 5) is 16.2. The van der Waals surface area contributed by atoms with Gasteiger partial charge in [0, 0.05) is 4.88 Å². The number of hydrogen-bond donors (Lipinski definition) is 1.